The summed E-state index contributed by atoms with van der Waals surface area (Å²) in [5, 5.41) is 26.2. The van der Waals surface area contributed by atoms with E-state index in [4.69, 9.17) is 0 Å². The Bertz CT molecular complexity index is 1490. The number of aromatic amines is 1. The van der Waals surface area contributed by atoms with Gasteiger partial charge in [0.05, 0.1) is 17.8 Å². The number of hydrogen-bond acceptors (Lipinski definition) is 3. The van der Waals surface area contributed by atoms with E-state index in [-0.39, 0.29) is 30.2 Å². The van der Waals surface area contributed by atoms with Crippen LogP contribution in [0.2, 0.25) is 0 Å². The molecule has 174 valence electrons. The SMILES string of the molecule is CC(C)(CC#N)c1c(C2CC(F)(C(=O)O)C2)c2c(F)c3[nH]ncc3cc2n1-c1ccc(F)cc1. The predicted octanol–water partition coefficient (Wildman–Crippen LogP) is 5.65. The van der Waals surface area contributed by atoms with E-state index in [9.17, 15) is 23.9 Å². The van der Waals surface area contributed by atoms with Crippen molar-refractivity contribution < 1.29 is 23.1 Å². The monoisotopic (exact) mass is 466 g/mol. The van der Waals surface area contributed by atoms with Crippen LogP contribution < -0.4 is 0 Å². The van der Waals surface area contributed by atoms with Crippen LogP contribution in [0.4, 0.5) is 13.2 Å². The number of fused-ring (bicyclic) bond motifs is 2. The molecule has 2 aromatic heterocycles. The molecule has 6 nitrogen and oxygen atoms in total. The Hall–Kier alpha value is -3.80. The van der Waals surface area contributed by atoms with Crippen molar-refractivity contribution in [1.29, 1.82) is 5.26 Å². The molecule has 4 aromatic rings. The van der Waals surface area contributed by atoms with Crippen molar-refractivity contribution in [1.82, 2.24) is 14.8 Å². The number of aliphatic carboxylic acids is 1. The van der Waals surface area contributed by atoms with Crippen LogP contribution in [0.1, 0.15) is 50.3 Å². The molecule has 0 bridgehead atoms. The van der Waals surface area contributed by atoms with Crippen molar-refractivity contribution in [2.45, 2.75) is 50.1 Å². The molecule has 1 saturated carbocycles. The van der Waals surface area contributed by atoms with Crippen LogP contribution >= 0.6 is 0 Å². The van der Waals surface area contributed by atoms with E-state index in [0.29, 0.717) is 27.8 Å². The number of carboxylic acids is 1. The summed E-state index contributed by atoms with van der Waals surface area (Å²) < 4.78 is 46.3. The minimum Gasteiger partial charge on any atom is -0.479 e. The molecule has 0 radical (unpaired) electrons. The number of halogens is 3. The van der Waals surface area contributed by atoms with Crippen molar-refractivity contribution in [2.24, 2.45) is 0 Å². The number of carboxylic acid groups (broad SMARTS) is 1. The molecule has 2 heterocycles. The molecule has 5 rings (SSSR count). The highest BCUT2D eigenvalue weighted by molar-refractivity contribution is 6.00. The van der Waals surface area contributed by atoms with Crippen LogP contribution in [0.3, 0.4) is 0 Å². The van der Waals surface area contributed by atoms with Gasteiger partial charge in [-0.05, 0) is 54.7 Å². The van der Waals surface area contributed by atoms with Crippen molar-refractivity contribution >= 4 is 27.8 Å². The molecule has 1 aliphatic carbocycles. The largest absolute Gasteiger partial charge is 0.479 e. The van der Waals surface area contributed by atoms with Gasteiger partial charge in [0, 0.05) is 34.0 Å². The molecule has 0 amide bonds. The molecule has 0 spiro atoms. The lowest BCUT2D eigenvalue weighted by Gasteiger charge is -2.40. The fourth-order valence-electron chi connectivity index (χ4n) is 5.13. The molecule has 2 aromatic carbocycles. The first-order chi connectivity index (χ1) is 16.1. The molecule has 1 aliphatic rings. The fourth-order valence-corrected chi connectivity index (χ4v) is 5.13. The van der Waals surface area contributed by atoms with Crippen LogP contribution in [0.15, 0.2) is 36.5 Å². The number of H-pyrrole nitrogens is 1. The Labute approximate surface area is 192 Å². The lowest BCUT2D eigenvalue weighted by molar-refractivity contribution is -0.158. The molecule has 9 heteroatoms. The van der Waals surface area contributed by atoms with Crippen molar-refractivity contribution in [3.63, 3.8) is 0 Å². The first kappa shape index (κ1) is 22.0. The number of carbonyl (C=O) groups is 1. The lowest BCUT2D eigenvalue weighted by Crippen LogP contribution is -2.46. The van der Waals surface area contributed by atoms with Gasteiger partial charge in [0.15, 0.2) is 5.82 Å². The Kier molecular flexibility index (Phi) is 4.76. The minimum atomic E-state index is -2.39. The van der Waals surface area contributed by atoms with Gasteiger partial charge in [-0.25, -0.2) is 18.0 Å². The van der Waals surface area contributed by atoms with Gasteiger partial charge in [-0.15, -0.1) is 0 Å². The first-order valence-electron chi connectivity index (χ1n) is 10.8. The zero-order valence-electron chi connectivity index (χ0n) is 18.5. The zero-order chi connectivity index (χ0) is 24.4. The number of hydrogen-bond donors (Lipinski definition) is 2. The third-order valence-electron chi connectivity index (χ3n) is 6.82. The molecule has 0 unspecified atom stereocenters. The van der Waals surface area contributed by atoms with Gasteiger partial charge in [0.2, 0.25) is 5.67 Å². The summed E-state index contributed by atoms with van der Waals surface area (Å²) in [6.45, 7) is 3.66. The van der Waals surface area contributed by atoms with Gasteiger partial charge in [0.1, 0.15) is 11.3 Å². The standard InChI is InChI=1S/C25H21F3N4O2/c1-24(2,7-8-29)22-18(14-10-25(28,11-14)23(33)34)19-17(9-13-12-30-31-21(13)20(19)27)32(22)16-5-3-15(26)4-6-16/h3-6,9,12,14H,7,10-11H2,1-2H3,(H,30,31)(H,33,34). The summed E-state index contributed by atoms with van der Waals surface area (Å²) in [7, 11) is 0. The van der Waals surface area contributed by atoms with E-state index in [2.05, 4.69) is 16.3 Å². The Morgan fingerprint density at radius 1 is 1.32 bits per heavy atom. The van der Waals surface area contributed by atoms with E-state index >= 15 is 4.39 Å². The van der Waals surface area contributed by atoms with Crippen LogP contribution in [0.5, 0.6) is 0 Å². The highest BCUT2D eigenvalue weighted by Crippen LogP contribution is 2.54. The summed E-state index contributed by atoms with van der Waals surface area (Å²) in [5.74, 6) is -3.14. The van der Waals surface area contributed by atoms with E-state index in [1.165, 1.54) is 18.3 Å². The van der Waals surface area contributed by atoms with Crippen LogP contribution in [0, 0.1) is 23.0 Å². The molecule has 0 atom stereocenters. The second kappa shape index (κ2) is 7.35. The summed E-state index contributed by atoms with van der Waals surface area (Å²) in [6.07, 6.45) is 0.951. The number of benzene rings is 2. The minimum absolute atomic E-state index is 0.0744. The maximum Gasteiger partial charge on any atom is 0.341 e. The fraction of sp³-hybridized carbons (Fsp3) is 0.320. The molecule has 0 saturated heterocycles. The van der Waals surface area contributed by atoms with Crippen LogP contribution in [-0.2, 0) is 10.2 Å². The van der Waals surface area contributed by atoms with Crippen LogP contribution in [0.25, 0.3) is 27.5 Å². The average molecular weight is 466 g/mol. The summed E-state index contributed by atoms with van der Waals surface area (Å²) in [5.41, 5.74) is -0.964. The van der Waals surface area contributed by atoms with E-state index in [0.717, 1.165) is 0 Å². The van der Waals surface area contributed by atoms with E-state index < -0.39 is 34.6 Å². The van der Waals surface area contributed by atoms with Crippen molar-refractivity contribution in [3.05, 3.63) is 59.4 Å². The maximum atomic E-state index is 16.0. The lowest BCUT2D eigenvalue weighted by atomic mass is 9.66. The van der Waals surface area contributed by atoms with Gasteiger partial charge < -0.3 is 9.67 Å². The van der Waals surface area contributed by atoms with Gasteiger partial charge in [-0.1, -0.05) is 13.8 Å². The highest BCUT2D eigenvalue weighted by atomic mass is 19.1. The second-order valence-corrected chi connectivity index (χ2v) is 9.59. The number of alkyl halides is 1. The van der Waals surface area contributed by atoms with Crippen molar-refractivity contribution in [2.75, 3.05) is 0 Å². The average Bonchev–Trinajstić information content (AvgIpc) is 3.35. The Morgan fingerprint density at radius 2 is 2.00 bits per heavy atom. The topological polar surface area (TPSA) is 94.7 Å². The van der Waals surface area contributed by atoms with Gasteiger partial charge in [-0.2, -0.15) is 10.4 Å². The maximum absolute atomic E-state index is 16.0. The summed E-state index contributed by atoms with van der Waals surface area (Å²) >= 11 is 0. The molecule has 34 heavy (non-hydrogen) atoms. The van der Waals surface area contributed by atoms with E-state index in [1.807, 2.05) is 13.8 Å². The van der Waals surface area contributed by atoms with Crippen LogP contribution in [-0.4, -0.2) is 31.5 Å². The van der Waals surface area contributed by atoms with E-state index in [1.54, 1.807) is 22.8 Å². The number of nitrogens with zero attached hydrogens (tertiary/aromatic N) is 3. The summed E-state index contributed by atoms with van der Waals surface area (Å²) in [4.78, 5) is 11.4. The normalized spacial score (nSPS) is 20.4. The van der Waals surface area contributed by atoms with Gasteiger partial charge in [-0.3, -0.25) is 5.10 Å². The Morgan fingerprint density at radius 3 is 2.62 bits per heavy atom. The molecule has 0 aliphatic heterocycles. The second-order valence-electron chi connectivity index (χ2n) is 9.59. The quantitative estimate of drug-likeness (QED) is 0.398. The molecule has 2 N–H and O–H groups in total. The van der Waals surface area contributed by atoms with Crippen molar-refractivity contribution in [3.8, 4) is 11.8 Å². The number of rotatable bonds is 5. The smallest absolute Gasteiger partial charge is 0.341 e. The summed E-state index contributed by atoms with van der Waals surface area (Å²) in [6, 6.07) is 9.59. The molecular formula is C25H21F3N4O2. The number of nitriles is 1. The van der Waals surface area contributed by atoms with Gasteiger partial charge in [0.25, 0.3) is 0 Å². The third kappa shape index (κ3) is 3.09. The third-order valence-corrected chi connectivity index (χ3v) is 6.82. The molecule has 1 fully saturated rings. The molecular weight excluding hydrogens is 445 g/mol. The van der Waals surface area contributed by atoms with Gasteiger partial charge >= 0.3 is 5.97 Å². The zero-order valence-corrected chi connectivity index (χ0v) is 18.5. The first-order valence-corrected chi connectivity index (χ1v) is 10.8. The number of nitrogens with one attached hydrogen (secondary N) is 1. The Balaban J connectivity index is 1.90. The predicted molar refractivity (Wildman–Crippen MR) is 120 cm³/mol. The number of aromatic nitrogens is 3. The highest BCUT2D eigenvalue weighted by Gasteiger charge is 2.54.